The van der Waals surface area contributed by atoms with E-state index in [0.717, 1.165) is 16.8 Å². The van der Waals surface area contributed by atoms with E-state index in [0.29, 0.717) is 18.1 Å². The smallest absolute Gasteiger partial charge is 0.417 e. The van der Waals surface area contributed by atoms with Crippen molar-refractivity contribution in [2.24, 2.45) is 5.92 Å². The van der Waals surface area contributed by atoms with Gasteiger partial charge in [-0.15, -0.1) is 0 Å². The van der Waals surface area contributed by atoms with E-state index in [1.807, 2.05) is 32.9 Å². The molecule has 3 heterocycles. The lowest BCUT2D eigenvalue weighted by Crippen LogP contribution is -2.38. The number of aromatic nitrogens is 4. The molecule has 2 atom stereocenters. The number of carbonyl (C=O) groups excluding carboxylic acids is 1. The van der Waals surface area contributed by atoms with Gasteiger partial charge in [0.25, 0.3) is 0 Å². The molecule has 166 valence electrons. The van der Waals surface area contributed by atoms with E-state index in [9.17, 15) is 9.18 Å². The van der Waals surface area contributed by atoms with Crippen molar-refractivity contribution in [2.45, 2.75) is 39.8 Å². The summed E-state index contributed by atoms with van der Waals surface area (Å²) < 4.78 is 18.7. The molecule has 0 saturated carbocycles. The summed E-state index contributed by atoms with van der Waals surface area (Å²) in [4.78, 5) is 31.0. The van der Waals surface area contributed by atoms with E-state index in [1.165, 1.54) is 17.3 Å². The molecule has 1 saturated heterocycles. The minimum atomic E-state index is -0.456. The molecule has 32 heavy (non-hydrogen) atoms. The van der Waals surface area contributed by atoms with Gasteiger partial charge in [0.1, 0.15) is 18.8 Å². The predicted molar refractivity (Wildman–Crippen MR) is 119 cm³/mol. The van der Waals surface area contributed by atoms with Gasteiger partial charge in [0.15, 0.2) is 0 Å². The summed E-state index contributed by atoms with van der Waals surface area (Å²) in [6.07, 6.45) is 2.67. The van der Waals surface area contributed by atoms with Crippen LogP contribution in [0.4, 0.5) is 21.1 Å². The van der Waals surface area contributed by atoms with Gasteiger partial charge in [0, 0.05) is 11.8 Å². The standard InChI is InChI=1S/C23H25FN6O2/c1-13(2)20-11-32-23(31)30(20)22-27-12-26-21(29-22)28-15(4)19-8-6-17(10-25-19)16-5-7-18(24)14(3)9-16/h5-10,12-13,15,20H,11H2,1-4H3,(H,26,27,28,29)/t15-,20?/m0/s1. The first-order valence-corrected chi connectivity index (χ1v) is 10.5. The molecule has 1 fully saturated rings. The quantitative estimate of drug-likeness (QED) is 0.606. The maximum absolute atomic E-state index is 13.5. The summed E-state index contributed by atoms with van der Waals surface area (Å²) in [5.41, 5.74) is 3.19. The lowest BCUT2D eigenvalue weighted by atomic mass is 10.0. The van der Waals surface area contributed by atoms with Crippen LogP contribution in [0.5, 0.6) is 0 Å². The number of hydrogen-bond acceptors (Lipinski definition) is 7. The number of nitrogens with zero attached hydrogens (tertiary/aromatic N) is 5. The highest BCUT2D eigenvalue weighted by molar-refractivity contribution is 5.88. The summed E-state index contributed by atoms with van der Waals surface area (Å²) in [7, 11) is 0. The lowest BCUT2D eigenvalue weighted by molar-refractivity contribution is 0.177. The third-order valence-electron chi connectivity index (χ3n) is 5.52. The van der Waals surface area contributed by atoms with Gasteiger partial charge in [-0.25, -0.2) is 24.1 Å². The van der Waals surface area contributed by atoms with Crippen molar-refractivity contribution >= 4 is 18.0 Å². The number of carbonyl (C=O) groups is 1. The van der Waals surface area contributed by atoms with Gasteiger partial charge in [-0.3, -0.25) is 4.98 Å². The molecule has 0 aliphatic carbocycles. The number of rotatable bonds is 6. The van der Waals surface area contributed by atoms with Crippen LogP contribution in [0.3, 0.4) is 0 Å². The molecule has 9 heteroatoms. The first-order chi connectivity index (χ1) is 15.3. The predicted octanol–water partition coefficient (Wildman–Crippen LogP) is 4.54. The maximum Gasteiger partial charge on any atom is 0.417 e. The van der Waals surface area contributed by atoms with Crippen LogP contribution in [0.15, 0.2) is 42.9 Å². The van der Waals surface area contributed by atoms with E-state index in [4.69, 9.17) is 4.74 Å². The minimum absolute atomic E-state index is 0.125. The molecular formula is C23H25FN6O2. The minimum Gasteiger partial charge on any atom is -0.447 e. The fourth-order valence-electron chi connectivity index (χ4n) is 3.55. The molecule has 0 radical (unpaired) electrons. The second-order valence-electron chi connectivity index (χ2n) is 8.17. The van der Waals surface area contributed by atoms with Crippen LogP contribution in [0.1, 0.15) is 38.1 Å². The molecule has 1 unspecified atom stereocenters. The Bertz CT molecular complexity index is 1120. The lowest BCUT2D eigenvalue weighted by Gasteiger charge is -2.22. The molecule has 1 aromatic carbocycles. The van der Waals surface area contributed by atoms with Gasteiger partial charge in [-0.05, 0) is 49.1 Å². The van der Waals surface area contributed by atoms with Crippen molar-refractivity contribution in [1.29, 1.82) is 0 Å². The van der Waals surface area contributed by atoms with E-state index in [2.05, 4.69) is 25.3 Å². The maximum atomic E-state index is 13.5. The number of aryl methyl sites for hydroxylation is 1. The van der Waals surface area contributed by atoms with E-state index >= 15 is 0 Å². The van der Waals surface area contributed by atoms with Crippen LogP contribution in [-0.2, 0) is 4.74 Å². The van der Waals surface area contributed by atoms with Crippen LogP contribution in [0, 0.1) is 18.7 Å². The van der Waals surface area contributed by atoms with Gasteiger partial charge < -0.3 is 10.1 Å². The van der Waals surface area contributed by atoms with Crippen LogP contribution in [0.25, 0.3) is 11.1 Å². The van der Waals surface area contributed by atoms with Gasteiger partial charge in [-0.2, -0.15) is 4.98 Å². The van der Waals surface area contributed by atoms with Gasteiger partial charge in [0.2, 0.25) is 11.9 Å². The molecule has 0 spiro atoms. The third-order valence-corrected chi connectivity index (χ3v) is 5.52. The summed E-state index contributed by atoms with van der Waals surface area (Å²) in [5, 5.41) is 3.20. The largest absolute Gasteiger partial charge is 0.447 e. The zero-order valence-corrected chi connectivity index (χ0v) is 18.4. The first-order valence-electron chi connectivity index (χ1n) is 10.5. The number of hydrogen-bond donors (Lipinski definition) is 1. The van der Waals surface area contributed by atoms with Crippen molar-refractivity contribution in [3.63, 3.8) is 0 Å². The SMILES string of the molecule is Cc1cc(-c2ccc([C@H](C)Nc3ncnc(N4C(=O)OCC4C(C)C)n3)nc2)ccc1F. The number of nitrogens with one attached hydrogen (secondary N) is 1. The number of cyclic esters (lactones) is 1. The fraction of sp³-hybridized carbons (Fsp3) is 0.348. The first kappa shape index (κ1) is 21.6. The summed E-state index contributed by atoms with van der Waals surface area (Å²) >= 11 is 0. The number of pyridine rings is 1. The second-order valence-corrected chi connectivity index (χ2v) is 8.17. The summed E-state index contributed by atoms with van der Waals surface area (Å²) in [6.45, 7) is 8.02. The second kappa shape index (κ2) is 8.86. The number of halogens is 1. The van der Waals surface area contributed by atoms with Gasteiger partial charge >= 0.3 is 6.09 Å². The molecule has 3 aromatic rings. The van der Waals surface area contributed by atoms with Crippen molar-refractivity contribution < 1.29 is 13.9 Å². The van der Waals surface area contributed by atoms with Gasteiger partial charge in [0.05, 0.1) is 17.8 Å². The number of benzene rings is 1. The summed E-state index contributed by atoms with van der Waals surface area (Å²) in [6, 6.07) is 8.52. The molecule has 2 aromatic heterocycles. The highest BCUT2D eigenvalue weighted by atomic mass is 19.1. The van der Waals surface area contributed by atoms with Crippen molar-refractivity contribution in [3.8, 4) is 11.1 Å². The number of amides is 1. The Morgan fingerprint density at radius 2 is 1.91 bits per heavy atom. The Labute approximate surface area is 185 Å². The molecule has 1 N–H and O–H groups in total. The zero-order chi connectivity index (χ0) is 22.8. The number of ether oxygens (including phenoxy) is 1. The summed E-state index contributed by atoms with van der Waals surface area (Å²) in [5.74, 6) is 0.562. The monoisotopic (exact) mass is 436 g/mol. The number of anilines is 2. The fourth-order valence-corrected chi connectivity index (χ4v) is 3.55. The van der Waals surface area contributed by atoms with Crippen molar-refractivity contribution in [1.82, 2.24) is 19.9 Å². The highest BCUT2D eigenvalue weighted by Crippen LogP contribution is 2.26. The average molecular weight is 436 g/mol. The molecule has 0 bridgehead atoms. The Kier molecular flexibility index (Phi) is 5.98. The van der Waals surface area contributed by atoms with Gasteiger partial charge in [-0.1, -0.05) is 26.0 Å². The van der Waals surface area contributed by atoms with Crippen LogP contribution in [0.2, 0.25) is 0 Å². The Hall–Kier alpha value is -3.62. The van der Waals surface area contributed by atoms with Crippen LogP contribution in [-0.4, -0.2) is 38.7 Å². The zero-order valence-electron chi connectivity index (χ0n) is 18.4. The molecular weight excluding hydrogens is 411 g/mol. The third kappa shape index (κ3) is 4.37. The molecule has 4 rings (SSSR count). The Morgan fingerprint density at radius 1 is 1.12 bits per heavy atom. The molecule has 1 aliphatic heterocycles. The van der Waals surface area contributed by atoms with E-state index in [-0.39, 0.29) is 29.8 Å². The average Bonchev–Trinajstić information content (AvgIpc) is 3.18. The van der Waals surface area contributed by atoms with Crippen molar-refractivity contribution in [2.75, 3.05) is 16.8 Å². The normalized spacial score (nSPS) is 16.9. The van der Waals surface area contributed by atoms with E-state index < -0.39 is 6.09 Å². The molecule has 1 amide bonds. The Balaban J connectivity index is 1.49. The van der Waals surface area contributed by atoms with Crippen LogP contribution < -0.4 is 10.2 Å². The molecule has 8 nitrogen and oxygen atoms in total. The molecule has 1 aliphatic rings. The van der Waals surface area contributed by atoms with Crippen molar-refractivity contribution in [3.05, 3.63) is 59.9 Å². The highest BCUT2D eigenvalue weighted by Gasteiger charge is 2.38. The van der Waals surface area contributed by atoms with E-state index in [1.54, 1.807) is 25.3 Å². The Morgan fingerprint density at radius 3 is 2.59 bits per heavy atom. The van der Waals surface area contributed by atoms with Crippen LogP contribution >= 0.6 is 0 Å². The topological polar surface area (TPSA) is 93.1 Å².